The van der Waals surface area contributed by atoms with Crippen molar-refractivity contribution in [3.63, 3.8) is 0 Å². The molecule has 0 amide bonds. The summed E-state index contributed by atoms with van der Waals surface area (Å²) >= 11 is 0. The van der Waals surface area contributed by atoms with Gasteiger partial charge in [-0.15, -0.1) is 10.2 Å². The van der Waals surface area contributed by atoms with E-state index < -0.39 is 5.97 Å². The van der Waals surface area contributed by atoms with Gasteiger partial charge in [-0.25, -0.2) is 4.79 Å². The molecule has 6 heteroatoms. The topological polar surface area (TPSA) is 121 Å². The SMILES string of the molecule is Nc1c(C(=O)O)nnc2ccccc12.O. The first-order valence-corrected chi connectivity index (χ1v) is 3.94. The smallest absolute Gasteiger partial charge is 0.358 e. The van der Waals surface area contributed by atoms with E-state index >= 15 is 0 Å². The van der Waals surface area contributed by atoms with Crippen molar-refractivity contribution in [2.75, 3.05) is 5.73 Å². The molecule has 1 aromatic carbocycles. The Bertz CT molecular complexity index is 513. The van der Waals surface area contributed by atoms with Crippen LogP contribution >= 0.6 is 0 Å². The molecule has 0 saturated heterocycles. The molecule has 0 unspecified atom stereocenters. The monoisotopic (exact) mass is 207 g/mol. The number of nitrogen functional groups attached to an aromatic ring is 1. The van der Waals surface area contributed by atoms with Gasteiger partial charge in [0.05, 0.1) is 11.2 Å². The standard InChI is InChI=1S/C9H7N3O2.H2O/c10-7-5-3-1-2-4-6(5)11-12-8(7)9(13)14;/h1-4H,(H2,10,11)(H,13,14);1H2. The van der Waals surface area contributed by atoms with E-state index in [4.69, 9.17) is 10.8 Å². The summed E-state index contributed by atoms with van der Waals surface area (Å²) < 4.78 is 0. The molecular weight excluding hydrogens is 198 g/mol. The first-order valence-electron chi connectivity index (χ1n) is 3.94. The van der Waals surface area contributed by atoms with Gasteiger partial charge >= 0.3 is 5.97 Å². The van der Waals surface area contributed by atoms with Crippen LogP contribution < -0.4 is 5.73 Å². The third-order valence-corrected chi connectivity index (χ3v) is 1.91. The number of carbonyl (C=O) groups is 1. The molecule has 0 aliphatic heterocycles. The van der Waals surface area contributed by atoms with Gasteiger partial charge in [-0.3, -0.25) is 0 Å². The van der Waals surface area contributed by atoms with Gasteiger partial charge in [0, 0.05) is 5.39 Å². The van der Waals surface area contributed by atoms with E-state index in [9.17, 15) is 4.79 Å². The number of aromatic carboxylic acids is 1. The number of rotatable bonds is 1. The zero-order chi connectivity index (χ0) is 10.1. The molecule has 0 aliphatic rings. The lowest BCUT2D eigenvalue weighted by atomic mass is 10.2. The molecule has 2 aromatic rings. The van der Waals surface area contributed by atoms with Gasteiger partial charge < -0.3 is 16.3 Å². The molecule has 2 rings (SSSR count). The molecule has 0 aliphatic carbocycles. The van der Waals surface area contributed by atoms with Crippen LogP contribution in [0.2, 0.25) is 0 Å². The summed E-state index contributed by atoms with van der Waals surface area (Å²) in [5.41, 5.74) is 6.18. The fourth-order valence-electron chi connectivity index (χ4n) is 1.23. The fourth-order valence-corrected chi connectivity index (χ4v) is 1.23. The number of nitrogens with zero attached hydrogens (tertiary/aromatic N) is 2. The molecule has 78 valence electrons. The van der Waals surface area contributed by atoms with Crippen molar-refractivity contribution in [3.05, 3.63) is 30.0 Å². The van der Waals surface area contributed by atoms with Crippen LogP contribution in [0, 0.1) is 0 Å². The summed E-state index contributed by atoms with van der Waals surface area (Å²) in [6.45, 7) is 0. The Labute approximate surface area is 84.7 Å². The summed E-state index contributed by atoms with van der Waals surface area (Å²) in [6.07, 6.45) is 0. The molecule has 0 saturated carbocycles. The van der Waals surface area contributed by atoms with Crippen LogP contribution in [0.15, 0.2) is 24.3 Å². The van der Waals surface area contributed by atoms with Gasteiger partial charge in [-0.1, -0.05) is 18.2 Å². The van der Waals surface area contributed by atoms with Crippen molar-refractivity contribution in [1.29, 1.82) is 0 Å². The minimum atomic E-state index is -1.17. The highest BCUT2D eigenvalue weighted by molar-refractivity contribution is 6.01. The van der Waals surface area contributed by atoms with Crippen molar-refractivity contribution in [2.45, 2.75) is 0 Å². The number of aromatic nitrogens is 2. The van der Waals surface area contributed by atoms with E-state index in [-0.39, 0.29) is 16.9 Å². The zero-order valence-corrected chi connectivity index (χ0v) is 7.64. The van der Waals surface area contributed by atoms with Crippen LogP contribution in [-0.2, 0) is 0 Å². The highest BCUT2D eigenvalue weighted by atomic mass is 16.4. The first-order chi connectivity index (χ1) is 6.70. The first kappa shape index (κ1) is 10.9. The molecule has 15 heavy (non-hydrogen) atoms. The van der Waals surface area contributed by atoms with E-state index in [0.29, 0.717) is 10.9 Å². The Morgan fingerprint density at radius 2 is 1.93 bits per heavy atom. The van der Waals surface area contributed by atoms with Crippen molar-refractivity contribution >= 4 is 22.6 Å². The third kappa shape index (κ3) is 1.70. The van der Waals surface area contributed by atoms with E-state index in [0.717, 1.165) is 0 Å². The Kier molecular flexibility index (Phi) is 2.82. The highest BCUT2D eigenvalue weighted by Crippen LogP contribution is 2.20. The predicted octanol–water partition coefficient (Wildman–Crippen LogP) is 0.0855. The van der Waals surface area contributed by atoms with Crippen LogP contribution in [-0.4, -0.2) is 26.7 Å². The summed E-state index contributed by atoms with van der Waals surface area (Å²) in [4.78, 5) is 10.7. The Hall–Kier alpha value is -2.21. The minimum absolute atomic E-state index is 0. The summed E-state index contributed by atoms with van der Waals surface area (Å²) in [5, 5.41) is 16.6. The number of benzene rings is 1. The average Bonchev–Trinajstić information content (AvgIpc) is 2.18. The molecular formula is C9H9N3O3. The number of carboxylic acid groups (broad SMARTS) is 1. The molecule has 0 bridgehead atoms. The van der Waals surface area contributed by atoms with Crippen LogP contribution in [0.4, 0.5) is 5.69 Å². The average molecular weight is 207 g/mol. The van der Waals surface area contributed by atoms with Gasteiger partial charge in [0.1, 0.15) is 0 Å². The Morgan fingerprint density at radius 3 is 2.60 bits per heavy atom. The second kappa shape index (κ2) is 3.89. The van der Waals surface area contributed by atoms with Crippen molar-refractivity contribution in [1.82, 2.24) is 10.2 Å². The third-order valence-electron chi connectivity index (χ3n) is 1.91. The van der Waals surface area contributed by atoms with E-state index in [2.05, 4.69) is 10.2 Å². The molecule has 0 radical (unpaired) electrons. The number of anilines is 1. The number of hydrogen-bond donors (Lipinski definition) is 2. The van der Waals surface area contributed by atoms with E-state index in [1.807, 2.05) is 0 Å². The number of fused-ring (bicyclic) bond motifs is 1. The van der Waals surface area contributed by atoms with Crippen molar-refractivity contribution in [2.24, 2.45) is 0 Å². The Morgan fingerprint density at radius 1 is 1.27 bits per heavy atom. The fraction of sp³-hybridized carbons (Fsp3) is 0. The maximum Gasteiger partial charge on any atom is 0.358 e. The van der Waals surface area contributed by atoms with Gasteiger partial charge in [-0.05, 0) is 6.07 Å². The summed E-state index contributed by atoms with van der Waals surface area (Å²) in [5.74, 6) is -1.17. The highest BCUT2D eigenvalue weighted by Gasteiger charge is 2.12. The van der Waals surface area contributed by atoms with E-state index in [1.54, 1.807) is 24.3 Å². The number of hydrogen-bond acceptors (Lipinski definition) is 4. The molecule has 0 spiro atoms. The van der Waals surface area contributed by atoms with Crippen molar-refractivity contribution < 1.29 is 15.4 Å². The lowest BCUT2D eigenvalue weighted by Crippen LogP contribution is -2.07. The maximum absolute atomic E-state index is 10.7. The quantitative estimate of drug-likeness (QED) is 0.686. The van der Waals surface area contributed by atoms with Crippen LogP contribution in [0.3, 0.4) is 0 Å². The summed E-state index contributed by atoms with van der Waals surface area (Å²) in [6, 6.07) is 7.00. The number of nitrogens with two attached hydrogens (primary N) is 1. The van der Waals surface area contributed by atoms with Gasteiger partial charge in [-0.2, -0.15) is 0 Å². The zero-order valence-electron chi connectivity index (χ0n) is 7.64. The maximum atomic E-state index is 10.7. The van der Waals surface area contributed by atoms with Crippen LogP contribution in [0.5, 0.6) is 0 Å². The normalized spacial score (nSPS) is 9.60. The lowest BCUT2D eigenvalue weighted by Gasteiger charge is -2.02. The van der Waals surface area contributed by atoms with Gasteiger partial charge in [0.15, 0.2) is 5.69 Å². The number of carboxylic acids is 1. The van der Waals surface area contributed by atoms with Crippen LogP contribution in [0.25, 0.3) is 10.9 Å². The minimum Gasteiger partial charge on any atom is -0.476 e. The van der Waals surface area contributed by atoms with Crippen LogP contribution in [0.1, 0.15) is 10.5 Å². The van der Waals surface area contributed by atoms with Gasteiger partial charge in [0.2, 0.25) is 0 Å². The molecule has 1 heterocycles. The molecule has 6 nitrogen and oxygen atoms in total. The molecule has 0 fully saturated rings. The predicted molar refractivity (Wildman–Crippen MR) is 54.5 cm³/mol. The molecule has 1 aromatic heterocycles. The van der Waals surface area contributed by atoms with Gasteiger partial charge in [0.25, 0.3) is 0 Å². The molecule has 5 N–H and O–H groups in total. The molecule has 0 atom stereocenters. The Balaban J connectivity index is 0.00000112. The summed E-state index contributed by atoms with van der Waals surface area (Å²) in [7, 11) is 0. The van der Waals surface area contributed by atoms with E-state index in [1.165, 1.54) is 0 Å². The second-order valence-corrected chi connectivity index (χ2v) is 2.78. The second-order valence-electron chi connectivity index (χ2n) is 2.78. The largest absolute Gasteiger partial charge is 0.476 e. The van der Waals surface area contributed by atoms with Crippen molar-refractivity contribution in [3.8, 4) is 0 Å². The lowest BCUT2D eigenvalue weighted by molar-refractivity contribution is 0.0691.